The van der Waals surface area contributed by atoms with E-state index < -0.39 is 9.05 Å². The third-order valence-corrected chi connectivity index (χ3v) is 3.98. The molecule has 2 heterocycles. The van der Waals surface area contributed by atoms with E-state index in [-0.39, 0.29) is 10.8 Å². The van der Waals surface area contributed by atoms with Crippen LogP contribution in [-0.4, -0.2) is 23.2 Å². The molecule has 102 valence electrons. The second kappa shape index (κ2) is 4.82. The Kier molecular flexibility index (Phi) is 3.51. The van der Waals surface area contributed by atoms with Crippen LogP contribution in [0.3, 0.4) is 0 Å². The van der Waals surface area contributed by atoms with Crippen molar-refractivity contribution in [1.29, 1.82) is 0 Å². The Balaban J connectivity index is 2.30. The third-order valence-electron chi connectivity index (χ3n) is 2.64. The maximum Gasteiger partial charge on any atom is 0.262 e. The van der Waals surface area contributed by atoms with Gasteiger partial charge in [-0.05, 0) is 19.9 Å². The zero-order chi connectivity index (χ0) is 14.2. The van der Waals surface area contributed by atoms with Crippen LogP contribution in [0.4, 0.5) is 0 Å². The zero-order valence-corrected chi connectivity index (χ0v) is 12.2. The van der Waals surface area contributed by atoms with Gasteiger partial charge >= 0.3 is 0 Å². The average molecular weight is 302 g/mol. The highest BCUT2D eigenvalue weighted by atomic mass is 35.7. The average Bonchev–Trinajstić information content (AvgIpc) is 2.56. The molecule has 0 aromatic carbocycles. The summed E-state index contributed by atoms with van der Waals surface area (Å²) in [7, 11) is 3.25. The summed E-state index contributed by atoms with van der Waals surface area (Å²) in [5.74, 6) is 0.889. The molecule has 0 bridgehead atoms. The lowest BCUT2D eigenvalue weighted by Crippen LogP contribution is -1.95. The second-order valence-corrected chi connectivity index (χ2v) is 6.56. The monoisotopic (exact) mass is 301 g/mol. The number of halogens is 1. The van der Waals surface area contributed by atoms with E-state index in [9.17, 15) is 8.42 Å². The van der Waals surface area contributed by atoms with Crippen LogP contribution < -0.4 is 4.74 Å². The Morgan fingerprint density at radius 3 is 2.42 bits per heavy atom. The summed E-state index contributed by atoms with van der Waals surface area (Å²) in [5, 5.41) is 4.21. The SMILES string of the molecule is Cc1nn(C)c(C)c1Oc1ccc(S(=O)(=O)Cl)cn1. The molecule has 0 spiro atoms. The van der Waals surface area contributed by atoms with E-state index in [0.29, 0.717) is 5.75 Å². The molecule has 0 aliphatic carbocycles. The minimum absolute atomic E-state index is 0.0684. The van der Waals surface area contributed by atoms with Gasteiger partial charge in [-0.25, -0.2) is 13.4 Å². The Morgan fingerprint density at radius 1 is 1.32 bits per heavy atom. The van der Waals surface area contributed by atoms with Gasteiger partial charge in [0.05, 0.1) is 11.9 Å². The molecule has 0 saturated heterocycles. The minimum atomic E-state index is -3.77. The van der Waals surface area contributed by atoms with E-state index in [1.165, 1.54) is 12.1 Å². The molecule has 2 aromatic heterocycles. The van der Waals surface area contributed by atoms with Crippen LogP contribution in [0.15, 0.2) is 23.2 Å². The Bertz CT molecular complexity index is 708. The largest absolute Gasteiger partial charge is 0.435 e. The van der Waals surface area contributed by atoms with Crippen LogP contribution in [-0.2, 0) is 16.1 Å². The highest BCUT2D eigenvalue weighted by Crippen LogP contribution is 2.27. The lowest BCUT2D eigenvalue weighted by Gasteiger charge is -2.05. The van der Waals surface area contributed by atoms with Crippen LogP contribution >= 0.6 is 10.7 Å². The quantitative estimate of drug-likeness (QED) is 0.812. The van der Waals surface area contributed by atoms with Crippen molar-refractivity contribution < 1.29 is 13.2 Å². The summed E-state index contributed by atoms with van der Waals surface area (Å²) in [4.78, 5) is 3.84. The summed E-state index contributed by atoms with van der Waals surface area (Å²) >= 11 is 0. The van der Waals surface area contributed by atoms with Gasteiger partial charge in [0, 0.05) is 23.8 Å². The first kappa shape index (κ1) is 13.8. The molecule has 0 aliphatic heterocycles. The number of rotatable bonds is 3. The van der Waals surface area contributed by atoms with Gasteiger partial charge < -0.3 is 4.74 Å². The predicted molar refractivity (Wildman–Crippen MR) is 70.0 cm³/mol. The molecule has 2 aromatic rings. The first-order chi connectivity index (χ1) is 8.79. The molecule has 0 fully saturated rings. The lowest BCUT2D eigenvalue weighted by molar-refractivity contribution is 0.454. The number of ether oxygens (including phenoxy) is 1. The van der Waals surface area contributed by atoms with Crippen molar-refractivity contribution in [3.8, 4) is 11.6 Å². The standard InChI is InChI=1S/C11H12ClN3O3S/c1-7-11(8(2)15(3)14-7)18-10-5-4-9(6-13-10)19(12,16)17/h4-6H,1-3H3. The lowest BCUT2D eigenvalue weighted by atomic mass is 10.3. The fourth-order valence-electron chi connectivity index (χ4n) is 1.58. The van der Waals surface area contributed by atoms with Crippen LogP contribution in [0, 0.1) is 13.8 Å². The van der Waals surface area contributed by atoms with Crippen LogP contribution in [0.2, 0.25) is 0 Å². The summed E-state index contributed by atoms with van der Waals surface area (Å²) in [6, 6.07) is 2.78. The van der Waals surface area contributed by atoms with E-state index in [2.05, 4.69) is 10.1 Å². The maximum atomic E-state index is 11.1. The van der Waals surface area contributed by atoms with Gasteiger partial charge in [-0.3, -0.25) is 4.68 Å². The summed E-state index contributed by atoms with van der Waals surface area (Å²) in [6.07, 6.45) is 1.15. The van der Waals surface area contributed by atoms with Gasteiger partial charge in [-0.2, -0.15) is 5.10 Å². The first-order valence-electron chi connectivity index (χ1n) is 5.38. The molecule has 8 heteroatoms. The number of nitrogens with zero attached hydrogens (tertiary/aromatic N) is 3. The molecular weight excluding hydrogens is 290 g/mol. The molecule has 19 heavy (non-hydrogen) atoms. The highest BCUT2D eigenvalue weighted by Gasteiger charge is 2.14. The molecule has 0 unspecified atom stereocenters. The topological polar surface area (TPSA) is 74.1 Å². The number of aromatic nitrogens is 3. The van der Waals surface area contributed by atoms with Gasteiger partial charge in [-0.15, -0.1) is 0 Å². The van der Waals surface area contributed by atoms with Crippen LogP contribution in [0.5, 0.6) is 11.6 Å². The van der Waals surface area contributed by atoms with Crippen molar-refractivity contribution in [3.63, 3.8) is 0 Å². The fraction of sp³-hybridized carbons (Fsp3) is 0.273. The predicted octanol–water partition coefficient (Wildman–Crippen LogP) is 2.15. The zero-order valence-electron chi connectivity index (χ0n) is 10.6. The Morgan fingerprint density at radius 2 is 2.00 bits per heavy atom. The van der Waals surface area contributed by atoms with E-state index in [4.69, 9.17) is 15.4 Å². The Hall–Kier alpha value is -1.60. The number of pyridine rings is 1. The normalized spacial score (nSPS) is 11.6. The fourth-order valence-corrected chi connectivity index (χ4v) is 2.26. The molecule has 6 nitrogen and oxygen atoms in total. The number of hydrogen-bond donors (Lipinski definition) is 0. The summed E-state index contributed by atoms with van der Waals surface area (Å²) in [5.41, 5.74) is 1.59. The molecule has 0 radical (unpaired) electrons. The molecule has 0 aliphatic rings. The van der Waals surface area contributed by atoms with Gasteiger partial charge in [0.2, 0.25) is 5.88 Å². The molecule has 0 amide bonds. The molecule has 0 saturated carbocycles. The van der Waals surface area contributed by atoms with Crippen molar-refractivity contribution in [2.75, 3.05) is 0 Å². The smallest absolute Gasteiger partial charge is 0.262 e. The van der Waals surface area contributed by atoms with E-state index >= 15 is 0 Å². The first-order valence-corrected chi connectivity index (χ1v) is 7.68. The van der Waals surface area contributed by atoms with Gasteiger partial charge in [0.25, 0.3) is 9.05 Å². The van der Waals surface area contributed by atoms with Gasteiger partial charge in [0.15, 0.2) is 5.75 Å². The Labute approximate surface area is 115 Å². The van der Waals surface area contributed by atoms with E-state index in [0.717, 1.165) is 17.6 Å². The van der Waals surface area contributed by atoms with Gasteiger partial charge in [0.1, 0.15) is 10.6 Å². The highest BCUT2D eigenvalue weighted by molar-refractivity contribution is 8.13. The maximum absolute atomic E-state index is 11.1. The van der Waals surface area contributed by atoms with Crippen molar-refractivity contribution in [1.82, 2.24) is 14.8 Å². The minimum Gasteiger partial charge on any atom is -0.435 e. The molecule has 0 atom stereocenters. The number of aryl methyl sites for hydroxylation is 2. The third kappa shape index (κ3) is 2.87. The van der Waals surface area contributed by atoms with Crippen molar-refractivity contribution >= 4 is 19.7 Å². The summed E-state index contributed by atoms with van der Waals surface area (Å²) < 4.78 is 29.5. The molecule has 2 rings (SSSR count). The molecule has 0 N–H and O–H groups in total. The van der Waals surface area contributed by atoms with Crippen LogP contribution in [0.1, 0.15) is 11.4 Å². The van der Waals surface area contributed by atoms with Gasteiger partial charge in [-0.1, -0.05) is 0 Å². The van der Waals surface area contributed by atoms with Crippen molar-refractivity contribution in [3.05, 3.63) is 29.7 Å². The number of hydrogen-bond acceptors (Lipinski definition) is 5. The van der Waals surface area contributed by atoms with E-state index in [1.54, 1.807) is 4.68 Å². The second-order valence-electron chi connectivity index (χ2n) is 4.00. The van der Waals surface area contributed by atoms with Crippen molar-refractivity contribution in [2.24, 2.45) is 7.05 Å². The van der Waals surface area contributed by atoms with Crippen molar-refractivity contribution in [2.45, 2.75) is 18.7 Å². The van der Waals surface area contributed by atoms with Crippen LogP contribution in [0.25, 0.3) is 0 Å². The molecular formula is C11H12ClN3O3S. The summed E-state index contributed by atoms with van der Waals surface area (Å²) in [6.45, 7) is 3.69. The van der Waals surface area contributed by atoms with E-state index in [1.807, 2.05) is 20.9 Å².